The highest BCUT2D eigenvalue weighted by Gasteiger charge is 2.13. The Bertz CT molecular complexity index is 536. The second-order valence-corrected chi connectivity index (χ2v) is 5.37. The Hall–Kier alpha value is -1.67. The van der Waals surface area contributed by atoms with E-state index in [0.29, 0.717) is 0 Å². The molecule has 0 spiro atoms. The third kappa shape index (κ3) is 3.42. The molecule has 1 aromatic rings. The minimum atomic E-state index is 0.840. The molecule has 19 heavy (non-hydrogen) atoms. The molecule has 0 saturated carbocycles. The van der Waals surface area contributed by atoms with Crippen molar-refractivity contribution < 1.29 is 0 Å². The molecule has 0 bridgehead atoms. The van der Waals surface area contributed by atoms with Crippen molar-refractivity contribution in [1.29, 1.82) is 0 Å². The molecule has 0 amide bonds. The van der Waals surface area contributed by atoms with Crippen LogP contribution in [0.3, 0.4) is 0 Å². The molecule has 0 fully saturated rings. The summed E-state index contributed by atoms with van der Waals surface area (Å²) in [7, 11) is 4.14. The molecule has 100 valence electrons. The van der Waals surface area contributed by atoms with E-state index in [2.05, 4.69) is 61.8 Å². The molecule has 0 unspecified atom stereocenters. The number of nitrogens with zero attached hydrogens (tertiary/aromatic N) is 2. The smallest absolute Gasteiger partial charge is 0.0516 e. The van der Waals surface area contributed by atoms with Crippen LogP contribution in [0.2, 0.25) is 0 Å². The molecule has 2 nitrogen and oxygen atoms in total. The normalized spacial score (nSPS) is 14.9. The number of likely N-dealkylation sites (N-methyl/N-ethyl adjacent to an activating group) is 1. The van der Waals surface area contributed by atoms with Crippen molar-refractivity contribution in [3.63, 3.8) is 0 Å². The summed E-state index contributed by atoms with van der Waals surface area (Å²) in [6, 6.07) is 6.44. The average Bonchev–Trinajstić information content (AvgIpc) is 2.34. The molecule has 0 atom stereocenters. The number of fused-ring (bicyclic) bond motifs is 1. The quantitative estimate of drug-likeness (QED) is 0.753. The van der Waals surface area contributed by atoms with Crippen LogP contribution in [-0.4, -0.2) is 38.3 Å². The summed E-state index contributed by atoms with van der Waals surface area (Å²) in [6.45, 7) is 8.07. The van der Waals surface area contributed by atoms with Gasteiger partial charge in [0.05, 0.1) is 6.54 Å². The van der Waals surface area contributed by atoms with Crippen molar-refractivity contribution in [2.75, 3.05) is 27.2 Å². The fourth-order valence-corrected chi connectivity index (χ4v) is 2.38. The molecular weight excluding hydrogens is 232 g/mol. The average molecular weight is 254 g/mol. The van der Waals surface area contributed by atoms with Gasteiger partial charge in [-0.3, -0.25) is 4.99 Å². The number of allylic oxidation sites excluding steroid dienone is 3. The molecule has 0 radical (unpaired) electrons. The van der Waals surface area contributed by atoms with Gasteiger partial charge in [0.25, 0.3) is 0 Å². The lowest BCUT2D eigenvalue weighted by Crippen LogP contribution is -2.15. The van der Waals surface area contributed by atoms with Gasteiger partial charge in [-0.15, -0.1) is 0 Å². The van der Waals surface area contributed by atoms with Gasteiger partial charge in [-0.1, -0.05) is 36.4 Å². The van der Waals surface area contributed by atoms with E-state index in [9.17, 15) is 0 Å². The molecule has 0 aromatic heterocycles. The second kappa shape index (κ2) is 5.98. The van der Waals surface area contributed by atoms with E-state index in [1.54, 1.807) is 0 Å². The van der Waals surface area contributed by atoms with Gasteiger partial charge in [0.2, 0.25) is 0 Å². The third-order valence-electron chi connectivity index (χ3n) is 3.37. The lowest BCUT2D eigenvalue weighted by molar-refractivity contribution is 0.421. The van der Waals surface area contributed by atoms with Crippen LogP contribution in [0.15, 0.2) is 41.4 Å². The zero-order valence-corrected chi connectivity index (χ0v) is 12.1. The highest BCUT2D eigenvalue weighted by Crippen LogP contribution is 2.29. The Labute approximate surface area is 116 Å². The van der Waals surface area contributed by atoms with Gasteiger partial charge in [0.1, 0.15) is 0 Å². The molecule has 0 N–H and O–H groups in total. The predicted octanol–water partition coefficient (Wildman–Crippen LogP) is 3.18. The molecule has 0 heterocycles. The number of rotatable bonds is 4. The fourth-order valence-electron chi connectivity index (χ4n) is 2.38. The highest BCUT2D eigenvalue weighted by molar-refractivity contribution is 5.86. The zero-order chi connectivity index (χ0) is 13.8. The summed E-state index contributed by atoms with van der Waals surface area (Å²) in [5, 5.41) is 0. The molecule has 1 aliphatic carbocycles. The van der Waals surface area contributed by atoms with E-state index in [-0.39, 0.29) is 0 Å². The molecule has 1 aliphatic rings. The van der Waals surface area contributed by atoms with E-state index in [1.807, 2.05) is 6.21 Å². The minimum Gasteiger partial charge on any atom is -0.308 e. The van der Waals surface area contributed by atoms with Crippen LogP contribution >= 0.6 is 0 Å². The largest absolute Gasteiger partial charge is 0.308 e. The van der Waals surface area contributed by atoms with Gasteiger partial charge in [-0.05, 0) is 49.7 Å². The number of hydrogen-bond donors (Lipinski definition) is 0. The summed E-state index contributed by atoms with van der Waals surface area (Å²) in [4.78, 5) is 6.67. The van der Waals surface area contributed by atoms with Gasteiger partial charge in [-0.25, -0.2) is 0 Å². The first kappa shape index (κ1) is 13.8. The number of aliphatic imine (C=N–C) groups is 1. The van der Waals surface area contributed by atoms with E-state index in [4.69, 9.17) is 0 Å². The van der Waals surface area contributed by atoms with Gasteiger partial charge in [0.15, 0.2) is 0 Å². The van der Waals surface area contributed by atoms with Crippen molar-refractivity contribution >= 4 is 11.8 Å². The summed E-state index contributed by atoms with van der Waals surface area (Å²) >= 11 is 0. The Morgan fingerprint density at radius 1 is 1.37 bits per heavy atom. The van der Waals surface area contributed by atoms with E-state index in [0.717, 1.165) is 19.5 Å². The van der Waals surface area contributed by atoms with E-state index in [1.165, 1.54) is 27.8 Å². The maximum absolute atomic E-state index is 4.52. The van der Waals surface area contributed by atoms with Crippen molar-refractivity contribution in [3.05, 3.63) is 53.1 Å². The lowest BCUT2D eigenvalue weighted by Gasteiger charge is -2.18. The third-order valence-corrected chi connectivity index (χ3v) is 3.37. The zero-order valence-electron chi connectivity index (χ0n) is 12.1. The van der Waals surface area contributed by atoms with Crippen molar-refractivity contribution in [2.45, 2.75) is 13.3 Å². The Morgan fingerprint density at radius 3 is 2.89 bits per heavy atom. The molecule has 2 rings (SSSR count). The van der Waals surface area contributed by atoms with Crippen LogP contribution < -0.4 is 0 Å². The Kier molecular flexibility index (Phi) is 4.33. The van der Waals surface area contributed by atoms with E-state index < -0.39 is 0 Å². The maximum atomic E-state index is 4.52. The van der Waals surface area contributed by atoms with Crippen LogP contribution in [0.25, 0.3) is 5.57 Å². The first-order valence-corrected chi connectivity index (χ1v) is 6.71. The predicted molar refractivity (Wildman–Crippen MR) is 84.0 cm³/mol. The molecule has 0 saturated heterocycles. The van der Waals surface area contributed by atoms with Crippen LogP contribution in [0.4, 0.5) is 0 Å². The Balaban J connectivity index is 2.22. The monoisotopic (exact) mass is 254 g/mol. The number of hydrogen-bond acceptors (Lipinski definition) is 2. The fraction of sp³-hybridized carbons (Fsp3) is 0.353. The summed E-state index contributed by atoms with van der Waals surface area (Å²) in [5.74, 6) is 0. The first-order chi connectivity index (χ1) is 9.08. The van der Waals surface area contributed by atoms with Crippen molar-refractivity contribution in [1.82, 2.24) is 4.90 Å². The van der Waals surface area contributed by atoms with Crippen molar-refractivity contribution in [3.8, 4) is 0 Å². The maximum Gasteiger partial charge on any atom is 0.0516 e. The summed E-state index contributed by atoms with van der Waals surface area (Å²) in [6.07, 6.45) is 5.12. The SMILES string of the molecule is C=C1C=C(C)c2cccc(C=NCCN(C)C)c2C1. The van der Waals surface area contributed by atoms with Gasteiger partial charge >= 0.3 is 0 Å². The standard InChI is InChI=1S/C17H22N2/c1-13-10-14(2)16-7-5-6-15(17(16)11-13)12-18-8-9-19(3)4/h5-7,10,12H,1,8-9,11H2,2-4H3. The topological polar surface area (TPSA) is 15.6 Å². The van der Waals surface area contributed by atoms with Crippen LogP contribution in [-0.2, 0) is 6.42 Å². The highest BCUT2D eigenvalue weighted by atomic mass is 15.1. The van der Waals surface area contributed by atoms with Crippen LogP contribution in [0.1, 0.15) is 23.6 Å². The van der Waals surface area contributed by atoms with E-state index >= 15 is 0 Å². The van der Waals surface area contributed by atoms with Gasteiger partial charge in [0, 0.05) is 12.8 Å². The lowest BCUT2D eigenvalue weighted by atomic mass is 9.86. The molecule has 2 heteroatoms. The van der Waals surface area contributed by atoms with Gasteiger partial charge < -0.3 is 4.90 Å². The van der Waals surface area contributed by atoms with Crippen molar-refractivity contribution in [2.24, 2.45) is 4.99 Å². The van der Waals surface area contributed by atoms with Crippen LogP contribution in [0, 0.1) is 0 Å². The molecular formula is C17H22N2. The second-order valence-electron chi connectivity index (χ2n) is 5.37. The van der Waals surface area contributed by atoms with Crippen LogP contribution in [0.5, 0.6) is 0 Å². The van der Waals surface area contributed by atoms with Gasteiger partial charge in [-0.2, -0.15) is 0 Å². The summed E-state index contributed by atoms with van der Waals surface area (Å²) < 4.78 is 0. The first-order valence-electron chi connectivity index (χ1n) is 6.71. The Morgan fingerprint density at radius 2 is 2.16 bits per heavy atom. The number of benzene rings is 1. The molecule has 0 aliphatic heterocycles. The minimum absolute atomic E-state index is 0.840. The summed E-state index contributed by atoms with van der Waals surface area (Å²) in [5.41, 5.74) is 6.41. The molecule has 1 aromatic carbocycles.